The number of benzene rings is 4. The molecule has 1 aromatic heterocycles. The highest BCUT2D eigenvalue weighted by molar-refractivity contribution is 5.75. The van der Waals surface area contributed by atoms with Crippen molar-refractivity contribution in [3.05, 3.63) is 127 Å². The van der Waals surface area contributed by atoms with E-state index in [0.717, 1.165) is 17.0 Å². The van der Waals surface area contributed by atoms with Crippen molar-refractivity contribution in [2.24, 2.45) is 0 Å². The molecule has 1 nitrogen and oxygen atoms in total. The number of pyridine rings is 1. The van der Waals surface area contributed by atoms with Crippen LogP contribution in [0, 0.1) is 0 Å². The van der Waals surface area contributed by atoms with Gasteiger partial charge in [-0.05, 0) is 51.4 Å². The van der Waals surface area contributed by atoms with Crippen LogP contribution in [0.1, 0.15) is 25.5 Å². The largest absolute Gasteiger partial charge is 0.253 e. The molecule has 33 heavy (non-hydrogen) atoms. The Morgan fingerprint density at radius 2 is 0.818 bits per heavy atom. The molecule has 0 bridgehead atoms. The van der Waals surface area contributed by atoms with Gasteiger partial charge < -0.3 is 0 Å². The molecular formula is C32H27N. The predicted octanol–water partition coefficient (Wildman–Crippen LogP) is 8.87. The van der Waals surface area contributed by atoms with E-state index in [4.69, 9.17) is 4.98 Å². The Balaban J connectivity index is 1.50. The molecule has 0 spiro atoms. The first-order valence-electron chi connectivity index (χ1n) is 11.5. The third-order valence-electron chi connectivity index (χ3n) is 6.05. The molecule has 0 aliphatic heterocycles. The maximum Gasteiger partial charge on any atom is 0.0711 e. The van der Waals surface area contributed by atoms with Gasteiger partial charge in [0.1, 0.15) is 0 Å². The SMILES string of the molecule is CC(C)c1cc(-c2ccc(-c3ccccc3)cc2)cc(-c2ccc(-c3ccccc3)cc2)n1. The maximum atomic E-state index is 5.00. The van der Waals surface area contributed by atoms with E-state index >= 15 is 0 Å². The van der Waals surface area contributed by atoms with Gasteiger partial charge in [-0.3, -0.25) is 4.98 Å². The van der Waals surface area contributed by atoms with Crippen molar-refractivity contribution in [1.82, 2.24) is 4.98 Å². The fourth-order valence-corrected chi connectivity index (χ4v) is 4.11. The van der Waals surface area contributed by atoms with Crippen LogP contribution in [-0.2, 0) is 0 Å². The third kappa shape index (κ3) is 4.63. The molecule has 0 atom stereocenters. The minimum atomic E-state index is 0.357. The molecule has 5 rings (SSSR count). The van der Waals surface area contributed by atoms with E-state index < -0.39 is 0 Å². The maximum absolute atomic E-state index is 5.00. The van der Waals surface area contributed by atoms with Crippen molar-refractivity contribution in [1.29, 1.82) is 0 Å². The van der Waals surface area contributed by atoms with Crippen LogP contribution in [0.15, 0.2) is 121 Å². The summed E-state index contributed by atoms with van der Waals surface area (Å²) in [5.74, 6) is 0.357. The van der Waals surface area contributed by atoms with Crippen molar-refractivity contribution in [2.45, 2.75) is 19.8 Å². The van der Waals surface area contributed by atoms with Crippen LogP contribution in [0.4, 0.5) is 0 Å². The van der Waals surface area contributed by atoms with Crippen LogP contribution in [0.5, 0.6) is 0 Å². The average Bonchev–Trinajstić information content (AvgIpc) is 2.89. The van der Waals surface area contributed by atoms with Gasteiger partial charge in [-0.2, -0.15) is 0 Å². The first kappa shape index (κ1) is 20.9. The van der Waals surface area contributed by atoms with Crippen LogP contribution in [0.3, 0.4) is 0 Å². The lowest BCUT2D eigenvalue weighted by atomic mass is 9.96. The fourth-order valence-electron chi connectivity index (χ4n) is 4.11. The highest BCUT2D eigenvalue weighted by atomic mass is 14.7. The Labute approximate surface area is 196 Å². The van der Waals surface area contributed by atoms with Crippen LogP contribution in [-0.4, -0.2) is 4.98 Å². The zero-order chi connectivity index (χ0) is 22.6. The van der Waals surface area contributed by atoms with E-state index in [-0.39, 0.29) is 0 Å². The van der Waals surface area contributed by atoms with Crippen LogP contribution >= 0.6 is 0 Å². The first-order valence-corrected chi connectivity index (χ1v) is 11.5. The minimum absolute atomic E-state index is 0.357. The summed E-state index contributed by atoms with van der Waals surface area (Å²) in [6, 6.07) is 43.0. The lowest BCUT2D eigenvalue weighted by molar-refractivity contribution is 0.825. The van der Waals surface area contributed by atoms with Gasteiger partial charge in [0.2, 0.25) is 0 Å². The zero-order valence-corrected chi connectivity index (χ0v) is 19.1. The zero-order valence-electron chi connectivity index (χ0n) is 19.1. The molecule has 0 saturated heterocycles. The van der Waals surface area contributed by atoms with Crippen molar-refractivity contribution in [3.63, 3.8) is 0 Å². The Morgan fingerprint density at radius 1 is 0.424 bits per heavy atom. The molecule has 4 aromatic carbocycles. The molecule has 0 fully saturated rings. The Kier molecular flexibility index (Phi) is 5.87. The predicted molar refractivity (Wildman–Crippen MR) is 140 cm³/mol. The lowest BCUT2D eigenvalue weighted by Gasteiger charge is -2.13. The molecule has 0 unspecified atom stereocenters. The average molecular weight is 426 g/mol. The molecule has 1 heteroatoms. The topological polar surface area (TPSA) is 12.9 Å². The van der Waals surface area contributed by atoms with Gasteiger partial charge in [-0.25, -0.2) is 0 Å². The Hall–Kier alpha value is -3.97. The summed E-state index contributed by atoms with van der Waals surface area (Å²) in [5, 5.41) is 0. The van der Waals surface area contributed by atoms with Crippen molar-refractivity contribution >= 4 is 0 Å². The molecule has 160 valence electrons. The summed E-state index contributed by atoms with van der Waals surface area (Å²) in [5.41, 5.74) is 10.6. The van der Waals surface area contributed by atoms with E-state index in [2.05, 4.69) is 129 Å². The van der Waals surface area contributed by atoms with Crippen molar-refractivity contribution in [2.75, 3.05) is 0 Å². The molecule has 0 N–H and O–H groups in total. The van der Waals surface area contributed by atoms with E-state index in [1.165, 1.54) is 33.4 Å². The molecular weight excluding hydrogens is 398 g/mol. The smallest absolute Gasteiger partial charge is 0.0711 e. The summed E-state index contributed by atoms with van der Waals surface area (Å²) in [4.78, 5) is 5.00. The van der Waals surface area contributed by atoms with E-state index in [1.54, 1.807) is 0 Å². The van der Waals surface area contributed by atoms with Gasteiger partial charge in [0, 0.05) is 11.3 Å². The number of rotatable bonds is 5. The molecule has 0 amide bonds. The van der Waals surface area contributed by atoms with Crippen LogP contribution in [0.25, 0.3) is 44.6 Å². The highest BCUT2D eigenvalue weighted by Crippen LogP contribution is 2.31. The number of aromatic nitrogens is 1. The Bertz CT molecular complexity index is 1230. The fraction of sp³-hybridized carbons (Fsp3) is 0.0938. The molecule has 1 heterocycles. The van der Waals surface area contributed by atoms with Gasteiger partial charge in [-0.15, -0.1) is 0 Å². The van der Waals surface area contributed by atoms with Crippen molar-refractivity contribution < 1.29 is 0 Å². The second-order valence-electron chi connectivity index (χ2n) is 8.71. The third-order valence-corrected chi connectivity index (χ3v) is 6.05. The lowest BCUT2D eigenvalue weighted by Crippen LogP contribution is -1.96. The molecule has 5 aromatic rings. The van der Waals surface area contributed by atoms with Crippen LogP contribution < -0.4 is 0 Å². The number of hydrogen-bond donors (Lipinski definition) is 0. The second-order valence-corrected chi connectivity index (χ2v) is 8.71. The van der Waals surface area contributed by atoms with Crippen molar-refractivity contribution in [3.8, 4) is 44.6 Å². The van der Waals surface area contributed by atoms with E-state index in [1.807, 2.05) is 6.07 Å². The molecule has 0 saturated carbocycles. The number of nitrogens with zero attached hydrogens (tertiary/aromatic N) is 1. The summed E-state index contributed by atoms with van der Waals surface area (Å²) in [7, 11) is 0. The Morgan fingerprint density at radius 3 is 1.27 bits per heavy atom. The standard InChI is InChI=1S/C32H27N/c1-23(2)31-21-30(28-15-13-26(14-16-28)24-9-5-3-6-10-24)22-32(33-31)29-19-17-27(18-20-29)25-11-7-4-8-12-25/h3-23H,1-2H3. The monoisotopic (exact) mass is 425 g/mol. The summed E-state index contributed by atoms with van der Waals surface area (Å²) < 4.78 is 0. The molecule has 0 aliphatic rings. The normalized spacial score (nSPS) is 11.0. The molecule has 0 radical (unpaired) electrons. The summed E-state index contributed by atoms with van der Waals surface area (Å²) in [6.45, 7) is 4.40. The number of hydrogen-bond acceptors (Lipinski definition) is 1. The second kappa shape index (κ2) is 9.26. The van der Waals surface area contributed by atoms with Gasteiger partial charge >= 0.3 is 0 Å². The van der Waals surface area contributed by atoms with Gasteiger partial charge in [-0.1, -0.05) is 123 Å². The summed E-state index contributed by atoms with van der Waals surface area (Å²) >= 11 is 0. The van der Waals surface area contributed by atoms with Gasteiger partial charge in [0.15, 0.2) is 0 Å². The highest BCUT2D eigenvalue weighted by Gasteiger charge is 2.10. The van der Waals surface area contributed by atoms with Crippen LogP contribution in [0.2, 0.25) is 0 Å². The quantitative estimate of drug-likeness (QED) is 0.274. The van der Waals surface area contributed by atoms with E-state index in [9.17, 15) is 0 Å². The first-order chi connectivity index (χ1) is 16.2. The van der Waals surface area contributed by atoms with E-state index in [0.29, 0.717) is 5.92 Å². The minimum Gasteiger partial charge on any atom is -0.253 e. The van der Waals surface area contributed by atoms with Gasteiger partial charge in [0.05, 0.1) is 5.69 Å². The summed E-state index contributed by atoms with van der Waals surface area (Å²) in [6.07, 6.45) is 0. The van der Waals surface area contributed by atoms with Gasteiger partial charge in [0.25, 0.3) is 0 Å². The molecule has 0 aliphatic carbocycles.